The minimum absolute atomic E-state index is 0.625. The van der Waals surface area contributed by atoms with E-state index in [0.717, 1.165) is 18.2 Å². The molecule has 90 valence electrons. The molecular weight excluding hydrogens is 232 g/mol. The molecule has 0 saturated heterocycles. The lowest BCUT2D eigenvalue weighted by molar-refractivity contribution is 0.547. The van der Waals surface area contributed by atoms with Gasteiger partial charge in [0.25, 0.3) is 0 Å². The lowest BCUT2D eigenvalue weighted by atomic mass is 10.1. The standard InChI is InChI=1S/C14H17ClN2/c1-17(10-11-4-2-3-5-11)14-7-6-13(15)8-12(14)9-16/h6-8,11H,2-5,10H2,1H3. The van der Waals surface area contributed by atoms with Crippen molar-refractivity contribution in [3.05, 3.63) is 28.8 Å². The Labute approximate surface area is 108 Å². The summed E-state index contributed by atoms with van der Waals surface area (Å²) in [5.41, 5.74) is 1.65. The SMILES string of the molecule is CN(CC1CCCC1)c1ccc(Cl)cc1C#N. The summed E-state index contributed by atoms with van der Waals surface area (Å²) in [5, 5.41) is 9.74. The Bertz CT molecular complexity index is 430. The Morgan fingerprint density at radius 2 is 2.12 bits per heavy atom. The first kappa shape index (κ1) is 12.3. The normalized spacial score (nSPS) is 15.8. The largest absolute Gasteiger partial charge is 0.373 e. The molecule has 2 rings (SSSR count). The van der Waals surface area contributed by atoms with Crippen molar-refractivity contribution in [1.82, 2.24) is 0 Å². The maximum atomic E-state index is 9.12. The highest BCUT2D eigenvalue weighted by Gasteiger charge is 2.18. The molecule has 0 spiro atoms. The quantitative estimate of drug-likeness (QED) is 0.813. The van der Waals surface area contributed by atoms with Gasteiger partial charge in [-0.15, -0.1) is 0 Å². The van der Waals surface area contributed by atoms with E-state index in [-0.39, 0.29) is 0 Å². The molecule has 17 heavy (non-hydrogen) atoms. The molecule has 1 aromatic carbocycles. The average Bonchev–Trinajstić information content (AvgIpc) is 2.81. The fourth-order valence-corrected chi connectivity index (χ4v) is 2.78. The molecule has 0 aromatic heterocycles. The monoisotopic (exact) mass is 248 g/mol. The smallest absolute Gasteiger partial charge is 0.101 e. The maximum absolute atomic E-state index is 9.12. The first-order chi connectivity index (χ1) is 8.20. The molecule has 1 fully saturated rings. The molecule has 0 heterocycles. The third kappa shape index (κ3) is 2.92. The van der Waals surface area contributed by atoms with Crippen molar-refractivity contribution in [2.24, 2.45) is 5.92 Å². The van der Waals surface area contributed by atoms with E-state index in [1.54, 1.807) is 6.07 Å². The lowest BCUT2D eigenvalue weighted by Gasteiger charge is -2.24. The zero-order chi connectivity index (χ0) is 12.3. The average molecular weight is 249 g/mol. The summed E-state index contributed by atoms with van der Waals surface area (Å²) < 4.78 is 0. The molecule has 0 N–H and O–H groups in total. The van der Waals surface area contributed by atoms with Crippen LogP contribution in [0.4, 0.5) is 5.69 Å². The number of hydrogen-bond donors (Lipinski definition) is 0. The number of benzene rings is 1. The van der Waals surface area contributed by atoms with Crippen molar-refractivity contribution in [3.63, 3.8) is 0 Å². The zero-order valence-electron chi connectivity index (χ0n) is 10.1. The van der Waals surface area contributed by atoms with Crippen LogP contribution in [0.15, 0.2) is 18.2 Å². The second kappa shape index (κ2) is 5.42. The predicted molar refractivity (Wildman–Crippen MR) is 71.4 cm³/mol. The van der Waals surface area contributed by atoms with Gasteiger partial charge in [-0.2, -0.15) is 5.26 Å². The molecule has 1 aliphatic carbocycles. The molecule has 3 heteroatoms. The van der Waals surface area contributed by atoms with Gasteiger partial charge in [0.15, 0.2) is 0 Å². The zero-order valence-corrected chi connectivity index (χ0v) is 10.9. The minimum Gasteiger partial charge on any atom is -0.373 e. The van der Waals surface area contributed by atoms with Gasteiger partial charge >= 0.3 is 0 Å². The van der Waals surface area contributed by atoms with E-state index in [1.165, 1.54) is 25.7 Å². The van der Waals surface area contributed by atoms with Crippen LogP contribution < -0.4 is 4.90 Å². The van der Waals surface area contributed by atoms with Crippen LogP contribution in [-0.2, 0) is 0 Å². The van der Waals surface area contributed by atoms with Crippen LogP contribution in [0.5, 0.6) is 0 Å². The summed E-state index contributed by atoms with van der Waals surface area (Å²) in [6.45, 7) is 1.04. The van der Waals surface area contributed by atoms with E-state index < -0.39 is 0 Å². The van der Waals surface area contributed by atoms with E-state index in [2.05, 4.69) is 18.0 Å². The highest BCUT2D eigenvalue weighted by atomic mass is 35.5. The molecule has 0 bridgehead atoms. The Balaban J connectivity index is 2.12. The van der Waals surface area contributed by atoms with E-state index in [0.29, 0.717) is 10.6 Å². The van der Waals surface area contributed by atoms with Crippen molar-refractivity contribution in [3.8, 4) is 6.07 Å². The fourth-order valence-electron chi connectivity index (χ4n) is 2.61. The molecule has 0 radical (unpaired) electrons. The van der Waals surface area contributed by atoms with Crippen molar-refractivity contribution in [1.29, 1.82) is 5.26 Å². The highest BCUT2D eigenvalue weighted by molar-refractivity contribution is 6.30. The van der Waals surface area contributed by atoms with Gasteiger partial charge < -0.3 is 4.90 Å². The first-order valence-electron chi connectivity index (χ1n) is 6.11. The van der Waals surface area contributed by atoms with Gasteiger partial charge in [-0.3, -0.25) is 0 Å². The van der Waals surface area contributed by atoms with Crippen molar-refractivity contribution in [2.45, 2.75) is 25.7 Å². The molecule has 0 aliphatic heterocycles. The third-order valence-electron chi connectivity index (χ3n) is 3.50. The van der Waals surface area contributed by atoms with Crippen molar-refractivity contribution >= 4 is 17.3 Å². The van der Waals surface area contributed by atoms with Gasteiger partial charge in [0.1, 0.15) is 6.07 Å². The molecule has 2 nitrogen and oxygen atoms in total. The van der Waals surface area contributed by atoms with E-state index in [9.17, 15) is 0 Å². The number of halogens is 1. The molecule has 1 saturated carbocycles. The Hall–Kier alpha value is -1.20. The second-order valence-corrected chi connectivity index (χ2v) is 5.24. The molecule has 0 atom stereocenters. The topological polar surface area (TPSA) is 27.0 Å². The van der Waals surface area contributed by atoms with Gasteiger partial charge in [0.05, 0.1) is 11.3 Å². The molecule has 0 unspecified atom stereocenters. The van der Waals surface area contributed by atoms with Crippen molar-refractivity contribution in [2.75, 3.05) is 18.5 Å². The Kier molecular flexibility index (Phi) is 3.91. The van der Waals surface area contributed by atoms with Crippen LogP contribution in [0.25, 0.3) is 0 Å². The number of nitriles is 1. The van der Waals surface area contributed by atoms with Crippen LogP contribution in [0, 0.1) is 17.2 Å². The molecular formula is C14H17ClN2. The third-order valence-corrected chi connectivity index (χ3v) is 3.73. The van der Waals surface area contributed by atoms with Gasteiger partial charge in [-0.1, -0.05) is 24.4 Å². The van der Waals surface area contributed by atoms with Crippen LogP contribution in [-0.4, -0.2) is 13.6 Å². The van der Waals surface area contributed by atoms with Gasteiger partial charge in [-0.05, 0) is 37.0 Å². The predicted octanol–water partition coefficient (Wildman–Crippen LogP) is 3.84. The van der Waals surface area contributed by atoms with E-state index in [1.807, 2.05) is 12.1 Å². The lowest BCUT2D eigenvalue weighted by Crippen LogP contribution is -2.24. The second-order valence-electron chi connectivity index (χ2n) is 4.80. The fraction of sp³-hybridized carbons (Fsp3) is 0.500. The highest BCUT2D eigenvalue weighted by Crippen LogP contribution is 2.28. The van der Waals surface area contributed by atoms with Crippen LogP contribution in [0.3, 0.4) is 0 Å². The van der Waals surface area contributed by atoms with Crippen molar-refractivity contribution < 1.29 is 0 Å². The number of hydrogen-bond acceptors (Lipinski definition) is 2. The Morgan fingerprint density at radius 1 is 1.41 bits per heavy atom. The summed E-state index contributed by atoms with van der Waals surface area (Å²) in [5.74, 6) is 0.780. The Morgan fingerprint density at radius 3 is 2.76 bits per heavy atom. The van der Waals surface area contributed by atoms with E-state index >= 15 is 0 Å². The van der Waals surface area contributed by atoms with Gasteiger partial charge in [0.2, 0.25) is 0 Å². The summed E-state index contributed by atoms with van der Waals surface area (Å²) in [6.07, 6.45) is 5.34. The summed E-state index contributed by atoms with van der Waals surface area (Å²) in [7, 11) is 2.06. The summed E-state index contributed by atoms with van der Waals surface area (Å²) >= 11 is 5.90. The number of anilines is 1. The number of rotatable bonds is 3. The minimum atomic E-state index is 0.625. The van der Waals surface area contributed by atoms with Crippen LogP contribution >= 0.6 is 11.6 Å². The molecule has 1 aliphatic rings. The molecule has 0 amide bonds. The van der Waals surface area contributed by atoms with Gasteiger partial charge in [-0.25, -0.2) is 0 Å². The molecule has 1 aromatic rings. The van der Waals surface area contributed by atoms with Crippen LogP contribution in [0.2, 0.25) is 5.02 Å². The van der Waals surface area contributed by atoms with Crippen LogP contribution in [0.1, 0.15) is 31.2 Å². The summed E-state index contributed by atoms with van der Waals surface area (Å²) in [6, 6.07) is 7.74. The maximum Gasteiger partial charge on any atom is 0.101 e. The van der Waals surface area contributed by atoms with Gasteiger partial charge in [0, 0.05) is 18.6 Å². The van der Waals surface area contributed by atoms with E-state index in [4.69, 9.17) is 16.9 Å². The first-order valence-corrected chi connectivity index (χ1v) is 6.49. The number of nitrogens with zero attached hydrogens (tertiary/aromatic N) is 2. The summed E-state index contributed by atoms with van der Waals surface area (Å²) in [4.78, 5) is 2.19.